The summed E-state index contributed by atoms with van der Waals surface area (Å²) in [5.41, 5.74) is 1.40. The molecule has 2 fully saturated rings. The molecule has 3 aliphatic rings. The van der Waals surface area contributed by atoms with Crippen LogP contribution in [0.5, 0.6) is 0 Å². The van der Waals surface area contributed by atoms with Crippen molar-refractivity contribution < 1.29 is 23.8 Å². The Kier molecular flexibility index (Phi) is 3.85. The average molecular weight is 306 g/mol. The zero-order chi connectivity index (χ0) is 15.9. The van der Waals surface area contributed by atoms with E-state index < -0.39 is 0 Å². The number of hydrogen-bond acceptors (Lipinski definition) is 5. The van der Waals surface area contributed by atoms with Crippen molar-refractivity contribution >= 4 is 11.9 Å². The van der Waals surface area contributed by atoms with E-state index in [1.165, 1.54) is 6.92 Å². The molecule has 4 atom stereocenters. The Morgan fingerprint density at radius 1 is 1.55 bits per heavy atom. The number of hydrogen-bond donors (Lipinski definition) is 0. The van der Waals surface area contributed by atoms with Crippen molar-refractivity contribution in [2.75, 3.05) is 6.61 Å². The number of ether oxygens (including phenoxy) is 3. The molecule has 0 bridgehead atoms. The minimum absolute atomic E-state index is 0.0143. The van der Waals surface area contributed by atoms with Gasteiger partial charge in [0, 0.05) is 24.8 Å². The Hall–Kier alpha value is -1.62. The third-order valence-electron chi connectivity index (χ3n) is 4.91. The Labute approximate surface area is 130 Å². The van der Waals surface area contributed by atoms with Crippen molar-refractivity contribution in [3.63, 3.8) is 0 Å². The summed E-state index contributed by atoms with van der Waals surface area (Å²) in [5.74, 6) is -0.600. The fourth-order valence-corrected chi connectivity index (χ4v) is 3.42. The summed E-state index contributed by atoms with van der Waals surface area (Å²) in [5, 5.41) is 0. The molecule has 0 spiro atoms. The highest BCUT2D eigenvalue weighted by molar-refractivity contribution is 5.90. The topological polar surface area (TPSA) is 65.1 Å². The molecule has 3 rings (SSSR count). The Morgan fingerprint density at radius 2 is 2.32 bits per heavy atom. The highest BCUT2D eigenvalue weighted by Crippen LogP contribution is 2.47. The van der Waals surface area contributed by atoms with E-state index >= 15 is 0 Å². The van der Waals surface area contributed by atoms with E-state index in [1.54, 1.807) is 0 Å². The van der Waals surface area contributed by atoms with Gasteiger partial charge in [0.05, 0.1) is 11.7 Å². The molecule has 0 N–H and O–H groups in total. The van der Waals surface area contributed by atoms with Crippen molar-refractivity contribution in [2.45, 2.75) is 57.3 Å². The van der Waals surface area contributed by atoms with Crippen LogP contribution in [0.15, 0.2) is 23.8 Å². The van der Waals surface area contributed by atoms with Crippen LogP contribution in [0.25, 0.3) is 0 Å². The van der Waals surface area contributed by atoms with E-state index in [0.717, 1.165) is 24.8 Å². The van der Waals surface area contributed by atoms with Gasteiger partial charge in [-0.15, -0.1) is 0 Å². The van der Waals surface area contributed by atoms with Crippen LogP contribution in [-0.4, -0.2) is 36.4 Å². The second kappa shape index (κ2) is 5.54. The standard InChI is InChI=1S/C17H22O5/c1-10-13-6-4-12(9-20-11(2)18)5-7-15-17(3,22-15)8-14(13)21-16(10)19/h4,13-15H,1,5-9H2,2-3H3/b12-4+/t13?,14?,15?,17-/m0/s1. The van der Waals surface area contributed by atoms with E-state index in [2.05, 4.69) is 19.6 Å². The van der Waals surface area contributed by atoms with E-state index in [9.17, 15) is 9.59 Å². The molecule has 1 aliphatic carbocycles. The van der Waals surface area contributed by atoms with Crippen molar-refractivity contribution in [3.05, 3.63) is 23.8 Å². The van der Waals surface area contributed by atoms with Gasteiger partial charge < -0.3 is 14.2 Å². The average Bonchev–Trinajstić information content (AvgIpc) is 3.01. The number of rotatable bonds is 2. The van der Waals surface area contributed by atoms with E-state index in [0.29, 0.717) is 18.6 Å². The van der Waals surface area contributed by atoms with Crippen molar-refractivity contribution in [1.29, 1.82) is 0 Å². The van der Waals surface area contributed by atoms with E-state index in [4.69, 9.17) is 14.2 Å². The van der Waals surface area contributed by atoms with Gasteiger partial charge in [0.2, 0.25) is 0 Å². The van der Waals surface area contributed by atoms with Crippen LogP contribution >= 0.6 is 0 Å². The summed E-state index contributed by atoms with van der Waals surface area (Å²) in [6, 6.07) is 0. The van der Waals surface area contributed by atoms with Gasteiger partial charge in [-0.1, -0.05) is 12.7 Å². The zero-order valence-corrected chi connectivity index (χ0v) is 13.1. The van der Waals surface area contributed by atoms with Crippen molar-refractivity contribution in [1.82, 2.24) is 0 Å². The number of esters is 2. The molecule has 2 saturated heterocycles. The lowest BCUT2D eigenvalue weighted by Gasteiger charge is -2.20. The van der Waals surface area contributed by atoms with Gasteiger partial charge in [-0.25, -0.2) is 4.79 Å². The van der Waals surface area contributed by atoms with Crippen molar-refractivity contribution in [3.8, 4) is 0 Å². The van der Waals surface area contributed by atoms with Gasteiger partial charge in [0.25, 0.3) is 0 Å². The molecule has 3 unspecified atom stereocenters. The van der Waals surface area contributed by atoms with Crippen LogP contribution in [0.4, 0.5) is 0 Å². The smallest absolute Gasteiger partial charge is 0.334 e. The quantitative estimate of drug-likeness (QED) is 0.339. The second-order valence-corrected chi connectivity index (χ2v) is 6.62. The summed E-state index contributed by atoms with van der Waals surface area (Å²) in [6.07, 6.45) is 5.23. The lowest BCUT2D eigenvalue weighted by molar-refractivity contribution is -0.141. The summed E-state index contributed by atoms with van der Waals surface area (Å²) in [4.78, 5) is 22.8. The Morgan fingerprint density at radius 3 is 3.05 bits per heavy atom. The van der Waals surface area contributed by atoms with Crippen LogP contribution < -0.4 is 0 Å². The first-order valence-electron chi connectivity index (χ1n) is 7.78. The second-order valence-electron chi connectivity index (χ2n) is 6.62. The maximum absolute atomic E-state index is 11.8. The third kappa shape index (κ3) is 2.95. The fraction of sp³-hybridized carbons (Fsp3) is 0.647. The van der Waals surface area contributed by atoms with Gasteiger partial charge in [-0.3, -0.25) is 4.79 Å². The lowest BCUT2D eigenvalue weighted by atomic mass is 9.84. The van der Waals surface area contributed by atoms with Crippen LogP contribution in [0.1, 0.15) is 39.5 Å². The fourth-order valence-electron chi connectivity index (χ4n) is 3.42. The molecule has 2 aliphatic heterocycles. The first kappa shape index (κ1) is 15.3. The lowest BCUT2D eigenvalue weighted by Crippen LogP contribution is -2.26. The van der Waals surface area contributed by atoms with Crippen LogP contribution in [0.2, 0.25) is 0 Å². The zero-order valence-electron chi connectivity index (χ0n) is 13.1. The largest absolute Gasteiger partial charge is 0.461 e. The minimum Gasteiger partial charge on any atom is -0.461 e. The Balaban J connectivity index is 1.78. The maximum atomic E-state index is 11.8. The predicted octanol–water partition coefficient (Wildman–Crippen LogP) is 2.31. The molecule has 0 amide bonds. The number of epoxide rings is 1. The molecule has 0 aromatic heterocycles. The predicted molar refractivity (Wildman–Crippen MR) is 79.0 cm³/mol. The van der Waals surface area contributed by atoms with E-state index in [1.807, 2.05) is 0 Å². The molecule has 0 aromatic rings. The summed E-state index contributed by atoms with van der Waals surface area (Å²) in [7, 11) is 0. The molecule has 0 aromatic carbocycles. The molecule has 0 saturated carbocycles. The Bertz CT molecular complexity index is 549. The molecule has 22 heavy (non-hydrogen) atoms. The van der Waals surface area contributed by atoms with Gasteiger partial charge in [-0.2, -0.15) is 0 Å². The molecule has 2 heterocycles. The van der Waals surface area contributed by atoms with Gasteiger partial charge in [0.1, 0.15) is 12.7 Å². The molecule has 5 heteroatoms. The number of carbonyl (C=O) groups excluding carboxylic acids is 2. The first-order valence-corrected chi connectivity index (χ1v) is 7.78. The van der Waals surface area contributed by atoms with Crippen LogP contribution in [0.3, 0.4) is 0 Å². The van der Waals surface area contributed by atoms with Crippen LogP contribution in [0, 0.1) is 5.92 Å². The van der Waals surface area contributed by atoms with E-state index in [-0.39, 0.29) is 35.7 Å². The van der Waals surface area contributed by atoms with Gasteiger partial charge in [0.15, 0.2) is 0 Å². The summed E-state index contributed by atoms with van der Waals surface area (Å²) in [6.45, 7) is 7.66. The van der Waals surface area contributed by atoms with Gasteiger partial charge >= 0.3 is 11.9 Å². The number of allylic oxidation sites excluding steroid dienone is 1. The van der Waals surface area contributed by atoms with Crippen molar-refractivity contribution in [2.24, 2.45) is 5.92 Å². The molecular formula is C17H22O5. The molecule has 0 radical (unpaired) electrons. The SMILES string of the molecule is C=C1C(=O)OC2C[C@]3(C)OC3CC/C(COC(C)=O)=C\CC12. The molecule has 5 nitrogen and oxygen atoms in total. The molecular weight excluding hydrogens is 284 g/mol. The molecule has 120 valence electrons. The number of fused-ring (bicyclic) bond motifs is 2. The number of carbonyl (C=O) groups is 2. The van der Waals surface area contributed by atoms with Crippen LogP contribution in [-0.2, 0) is 23.8 Å². The summed E-state index contributed by atoms with van der Waals surface area (Å²) < 4.78 is 16.4. The monoisotopic (exact) mass is 306 g/mol. The highest BCUT2D eigenvalue weighted by atomic mass is 16.6. The first-order chi connectivity index (χ1) is 10.4. The summed E-state index contributed by atoms with van der Waals surface area (Å²) >= 11 is 0. The minimum atomic E-state index is -0.301. The third-order valence-corrected chi connectivity index (χ3v) is 4.91. The van der Waals surface area contributed by atoms with Gasteiger partial charge in [-0.05, 0) is 31.8 Å². The highest BCUT2D eigenvalue weighted by Gasteiger charge is 2.55. The normalized spacial score (nSPS) is 39.9. The maximum Gasteiger partial charge on any atom is 0.334 e.